The van der Waals surface area contributed by atoms with Gasteiger partial charge in [-0.15, -0.1) is 5.10 Å². The van der Waals surface area contributed by atoms with Gasteiger partial charge in [-0.1, -0.05) is 32.6 Å². The van der Waals surface area contributed by atoms with E-state index in [4.69, 9.17) is 5.73 Å². The molecule has 18 heavy (non-hydrogen) atoms. The van der Waals surface area contributed by atoms with Crippen LogP contribution in [0.15, 0.2) is 0 Å². The van der Waals surface area contributed by atoms with Crippen molar-refractivity contribution in [2.24, 2.45) is 5.73 Å². The van der Waals surface area contributed by atoms with Gasteiger partial charge in [0.25, 0.3) is 0 Å². The lowest BCUT2D eigenvalue weighted by atomic mass is 10.0. The number of aromatic nitrogens is 4. The number of hydrogen-bond acceptors (Lipinski definition) is 4. The van der Waals surface area contributed by atoms with Crippen LogP contribution in [0, 0.1) is 6.92 Å². The standard InChI is InChI=1S/C12H23N5O/c1-3-4-5-6-7-11(8-9-12(13)18)17-10(2)14-15-16-17/h11H,3-9H2,1-2H3,(H2,13,18). The largest absolute Gasteiger partial charge is 0.370 e. The lowest BCUT2D eigenvalue weighted by molar-refractivity contribution is -0.118. The maximum absolute atomic E-state index is 10.9. The zero-order chi connectivity index (χ0) is 13.4. The van der Waals surface area contributed by atoms with Crippen LogP contribution in [0.3, 0.4) is 0 Å². The highest BCUT2D eigenvalue weighted by Crippen LogP contribution is 2.21. The molecule has 0 aliphatic carbocycles. The lowest BCUT2D eigenvalue weighted by Crippen LogP contribution is -2.17. The first-order valence-electron chi connectivity index (χ1n) is 6.68. The average molecular weight is 253 g/mol. The number of unbranched alkanes of at least 4 members (excludes halogenated alkanes) is 3. The molecule has 0 aliphatic rings. The fraction of sp³-hybridized carbons (Fsp3) is 0.833. The van der Waals surface area contributed by atoms with Crippen LogP contribution >= 0.6 is 0 Å². The Kier molecular flexibility index (Phi) is 6.32. The molecule has 1 aromatic heterocycles. The molecule has 6 nitrogen and oxygen atoms in total. The third-order valence-corrected chi connectivity index (χ3v) is 3.12. The second-order valence-electron chi connectivity index (χ2n) is 4.68. The number of carbonyl (C=O) groups is 1. The van der Waals surface area contributed by atoms with Crippen molar-refractivity contribution in [1.82, 2.24) is 20.2 Å². The van der Waals surface area contributed by atoms with Gasteiger partial charge in [0.05, 0.1) is 6.04 Å². The fourth-order valence-electron chi connectivity index (χ4n) is 2.08. The molecule has 0 fully saturated rings. The van der Waals surface area contributed by atoms with Crippen LogP contribution in [-0.2, 0) is 4.79 Å². The van der Waals surface area contributed by atoms with Crippen LogP contribution in [0.1, 0.15) is 63.7 Å². The van der Waals surface area contributed by atoms with E-state index >= 15 is 0 Å². The molecule has 6 heteroatoms. The summed E-state index contributed by atoms with van der Waals surface area (Å²) in [5.41, 5.74) is 5.21. The Labute approximate surface area is 108 Å². The molecule has 0 bridgehead atoms. The van der Waals surface area contributed by atoms with Crippen LogP contribution < -0.4 is 5.73 Å². The van der Waals surface area contributed by atoms with Gasteiger partial charge in [0, 0.05) is 6.42 Å². The lowest BCUT2D eigenvalue weighted by Gasteiger charge is -2.16. The minimum atomic E-state index is -0.265. The Morgan fingerprint density at radius 3 is 2.67 bits per heavy atom. The summed E-state index contributed by atoms with van der Waals surface area (Å²) in [5.74, 6) is 0.527. The number of carbonyl (C=O) groups excluding carboxylic acids is 1. The molecule has 0 aromatic carbocycles. The van der Waals surface area contributed by atoms with E-state index in [0.29, 0.717) is 12.8 Å². The molecule has 1 aromatic rings. The number of amides is 1. The van der Waals surface area contributed by atoms with Gasteiger partial charge in [-0.05, 0) is 30.2 Å². The molecule has 1 rings (SSSR count). The van der Waals surface area contributed by atoms with Crippen molar-refractivity contribution >= 4 is 5.91 Å². The number of primary amides is 1. The van der Waals surface area contributed by atoms with Crippen LogP contribution in [0.25, 0.3) is 0 Å². The first-order valence-corrected chi connectivity index (χ1v) is 6.68. The minimum Gasteiger partial charge on any atom is -0.370 e. The van der Waals surface area contributed by atoms with Crippen LogP contribution in [-0.4, -0.2) is 26.1 Å². The van der Waals surface area contributed by atoms with E-state index in [1.54, 1.807) is 0 Å². The molecule has 0 saturated carbocycles. The minimum absolute atomic E-state index is 0.185. The normalized spacial score (nSPS) is 12.6. The molecule has 0 radical (unpaired) electrons. The van der Waals surface area contributed by atoms with Gasteiger partial charge in [-0.3, -0.25) is 4.79 Å². The first kappa shape index (κ1) is 14.6. The van der Waals surface area contributed by atoms with Gasteiger partial charge >= 0.3 is 0 Å². The smallest absolute Gasteiger partial charge is 0.217 e. The van der Waals surface area contributed by atoms with E-state index < -0.39 is 0 Å². The predicted octanol–water partition coefficient (Wildman–Crippen LogP) is 1.76. The van der Waals surface area contributed by atoms with Crippen LogP contribution in [0.5, 0.6) is 0 Å². The Bertz CT molecular complexity index is 363. The quantitative estimate of drug-likeness (QED) is 0.679. The summed E-state index contributed by atoms with van der Waals surface area (Å²) in [6, 6.07) is 0.185. The highest BCUT2D eigenvalue weighted by Gasteiger charge is 2.15. The van der Waals surface area contributed by atoms with Crippen molar-refractivity contribution in [3.8, 4) is 0 Å². The molecule has 1 atom stereocenters. The predicted molar refractivity (Wildman–Crippen MR) is 68.8 cm³/mol. The molecule has 0 aliphatic heterocycles. The Morgan fingerprint density at radius 2 is 2.11 bits per heavy atom. The van der Waals surface area contributed by atoms with Gasteiger partial charge < -0.3 is 5.73 Å². The number of rotatable bonds is 9. The van der Waals surface area contributed by atoms with Crippen molar-refractivity contribution in [1.29, 1.82) is 0 Å². The zero-order valence-corrected chi connectivity index (χ0v) is 11.3. The van der Waals surface area contributed by atoms with Gasteiger partial charge in [0.1, 0.15) is 5.82 Å². The van der Waals surface area contributed by atoms with E-state index in [1.165, 1.54) is 19.3 Å². The third-order valence-electron chi connectivity index (χ3n) is 3.12. The molecule has 0 saturated heterocycles. The van der Waals surface area contributed by atoms with Crippen LogP contribution in [0.2, 0.25) is 0 Å². The summed E-state index contributed by atoms with van der Waals surface area (Å²) in [6.45, 7) is 4.07. The average Bonchev–Trinajstić information content (AvgIpc) is 2.74. The van der Waals surface area contributed by atoms with Crippen molar-refractivity contribution in [3.05, 3.63) is 5.82 Å². The van der Waals surface area contributed by atoms with E-state index in [0.717, 1.165) is 18.7 Å². The Hall–Kier alpha value is -1.46. The van der Waals surface area contributed by atoms with E-state index in [9.17, 15) is 4.79 Å². The van der Waals surface area contributed by atoms with Gasteiger partial charge in [-0.2, -0.15) is 0 Å². The molecule has 1 unspecified atom stereocenters. The summed E-state index contributed by atoms with van der Waals surface area (Å²) >= 11 is 0. The summed E-state index contributed by atoms with van der Waals surface area (Å²) in [5, 5.41) is 11.6. The zero-order valence-electron chi connectivity index (χ0n) is 11.3. The summed E-state index contributed by atoms with van der Waals surface area (Å²) in [4.78, 5) is 10.9. The second-order valence-corrected chi connectivity index (χ2v) is 4.68. The van der Waals surface area contributed by atoms with E-state index in [1.807, 2.05) is 11.6 Å². The summed E-state index contributed by atoms with van der Waals surface area (Å²) in [7, 11) is 0. The number of hydrogen-bond donors (Lipinski definition) is 1. The summed E-state index contributed by atoms with van der Waals surface area (Å²) < 4.78 is 1.81. The van der Waals surface area contributed by atoms with Crippen molar-refractivity contribution in [3.63, 3.8) is 0 Å². The third kappa shape index (κ3) is 4.81. The molecule has 2 N–H and O–H groups in total. The molecule has 0 spiro atoms. The van der Waals surface area contributed by atoms with E-state index in [-0.39, 0.29) is 11.9 Å². The molecule has 1 heterocycles. The topological polar surface area (TPSA) is 86.7 Å². The second kappa shape index (κ2) is 7.79. The SMILES string of the molecule is CCCCCCC(CCC(N)=O)n1nnnc1C. The van der Waals surface area contributed by atoms with Crippen molar-refractivity contribution in [2.75, 3.05) is 0 Å². The van der Waals surface area contributed by atoms with Gasteiger partial charge in [-0.25, -0.2) is 4.68 Å². The first-order chi connectivity index (χ1) is 8.65. The highest BCUT2D eigenvalue weighted by molar-refractivity contribution is 5.73. The molecule has 102 valence electrons. The fourth-order valence-corrected chi connectivity index (χ4v) is 2.08. The molecular weight excluding hydrogens is 230 g/mol. The van der Waals surface area contributed by atoms with Crippen LogP contribution in [0.4, 0.5) is 0 Å². The molecular formula is C12H23N5O. The van der Waals surface area contributed by atoms with Crippen molar-refractivity contribution in [2.45, 2.75) is 64.8 Å². The number of tetrazole rings is 1. The number of aryl methyl sites for hydroxylation is 1. The number of nitrogens with two attached hydrogens (primary N) is 1. The highest BCUT2D eigenvalue weighted by atomic mass is 16.1. The Balaban J connectivity index is 2.52. The molecule has 1 amide bonds. The number of nitrogens with zero attached hydrogens (tertiary/aromatic N) is 4. The van der Waals surface area contributed by atoms with Gasteiger partial charge in [0.15, 0.2) is 0 Å². The Morgan fingerprint density at radius 1 is 1.33 bits per heavy atom. The maximum atomic E-state index is 10.9. The maximum Gasteiger partial charge on any atom is 0.217 e. The summed E-state index contributed by atoms with van der Waals surface area (Å²) in [6.07, 6.45) is 6.92. The van der Waals surface area contributed by atoms with Gasteiger partial charge in [0.2, 0.25) is 5.91 Å². The van der Waals surface area contributed by atoms with Crippen molar-refractivity contribution < 1.29 is 4.79 Å². The van der Waals surface area contributed by atoms with E-state index in [2.05, 4.69) is 22.4 Å². The monoisotopic (exact) mass is 253 g/mol.